The Hall–Kier alpha value is -3.45. The zero-order chi connectivity index (χ0) is 19.9. The van der Waals surface area contributed by atoms with Gasteiger partial charge in [-0.2, -0.15) is 5.10 Å². The predicted molar refractivity (Wildman–Crippen MR) is 110 cm³/mol. The van der Waals surface area contributed by atoms with Crippen molar-refractivity contribution < 1.29 is 9.72 Å². The van der Waals surface area contributed by atoms with Gasteiger partial charge in [-0.05, 0) is 42.8 Å². The van der Waals surface area contributed by atoms with E-state index in [1.807, 2.05) is 24.3 Å². The summed E-state index contributed by atoms with van der Waals surface area (Å²) in [6, 6.07) is 21.6. The quantitative estimate of drug-likeness (QED) is 0.371. The summed E-state index contributed by atoms with van der Waals surface area (Å²) in [5, 5.41) is 14.7. The van der Waals surface area contributed by atoms with Crippen molar-refractivity contribution >= 4 is 29.6 Å². The highest BCUT2D eigenvalue weighted by molar-refractivity contribution is 7.99. The third-order valence-corrected chi connectivity index (χ3v) is 4.85. The predicted octanol–water partition coefficient (Wildman–Crippen LogP) is 4.82. The molecule has 140 valence electrons. The lowest BCUT2D eigenvalue weighted by Crippen LogP contribution is -2.17. The number of hydrogen-bond donors (Lipinski definition) is 1. The molecule has 3 aromatic carbocycles. The fourth-order valence-electron chi connectivity index (χ4n) is 2.36. The van der Waals surface area contributed by atoms with E-state index in [0.29, 0.717) is 0 Å². The van der Waals surface area contributed by atoms with Crippen molar-refractivity contribution in [2.45, 2.75) is 16.7 Å². The molecule has 0 saturated carbocycles. The van der Waals surface area contributed by atoms with Gasteiger partial charge in [-0.1, -0.05) is 47.7 Å². The van der Waals surface area contributed by atoms with Gasteiger partial charge in [0.1, 0.15) is 0 Å². The molecule has 0 aliphatic carbocycles. The maximum absolute atomic E-state index is 12.0. The van der Waals surface area contributed by atoms with E-state index in [9.17, 15) is 14.9 Å². The molecule has 0 radical (unpaired) electrons. The van der Waals surface area contributed by atoms with Gasteiger partial charge in [0.2, 0.25) is 0 Å². The van der Waals surface area contributed by atoms with Gasteiger partial charge in [0.15, 0.2) is 0 Å². The van der Waals surface area contributed by atoms with E-state index in [1.54, 1.807) is 11.8 Å². The van der Waals surface area contributed by atoms with Crippen LogP contribution in [0.2, 0.25) is 0 Å². The summed E-state index contributed by atoms with van der Waals surface area (Å²) < 4.78 is 0. The molecular formula is C21H17N3O3S. The van der Waals surface area contributed by atoms with Crippen molar-refractivity contribution in [1.82, 2.24) is 5.43 Å². The van der Waals surface area contributed by atoms with Gasteiger partial charge in [-0.3, -0.25) is 14.9 Å². The molecule has 0 atom stereocenters. The Bertz CT molecular complexity index is 1020. The number of amides is 1. The first-order valence-electron chi connectivity index (χ1n) is 8.44. The molecule has 1 N–H and O–H groups in total. The molecule has 3 rings (SSSR count). The monoisotopic (exact) mass is 391 g/mol. The van der Waals surface area contributed by atoms with Gasteiger partial charge in [-0.25, -0.2) is 5.43 Å². The molecule has 0 unspecified atom stereocenters. The Morgan fingerprint density at radius 2 is 1.68 bits per heavy atom. The van der Waals surface area contributed by atoms with E-state index < -0.39 is 10.8 Å². The number of nitro groups is 1. The highest BCUT2D eigenvalue weighted by atomic mass is 32.2. The normalized spacial score (nSPS) is 10.8. The number of hydrazone groups is 1. The van der Waals surface area contributed by atoms with Crippen LogP contribution < -0.4 is 5.43 Å². The maximum atomic E-state index is 12.0. The number of hydrogen-bond acceptors (Lipinski definition) is 5. The molecule has 1 amide bonds. The van der Waals surface area contributed by atoms with E-state index in [4.69, 9.17) is 0 Å². The van der Waals surface area contributed by atoms with Gasteiger partial charge in [0, 0.05) is 27.5 Å². The van der Waals surface area contributed by atoms with Crippen LogP contribution >= 0.6 is 11.8 Å². The number of non-ortho nitro benzene ring substituents is 1. The Morgan fingerprint density at radius 3 is 2.32 bits per heavy atom. The summed E-state index contributed by atoms with van der Waals surface area (Å²) in [7, 11) is 0. The fraction of sp³-hybridized carbons (Fsp3) is 0.0476. The van der Waals surface area contributed by atoms with Crippen LogP contribution in [-0.4, -0.2) is 17.0 Å². The molecule has 0 saturated heterocycles. The van der Waals surface area contributed by atoms with Crippen molar-refractivity contribution in [3.05, 3.63) is 99.6 Å². The van der Waals surface area contributed by atoms with Crippen molar-refractivity contribution in [2.75, 3.05) is 0 Å². The summed E-state index contributed by atoms with van der Waals surface area (Å²) in [6.07, 6.45) is 1.52. The van der Waals surface area contributed by atoms with Crippen LogP contribution in [0.5, 0.6) is 0 Å². The van der Waals surface area contributed by atoms with Crippen molar-refractivity contribution in [2.24, 2.45) is 5.10 Å². The van der Waals surface area contributed by atoms with E-state index in [0.717, 1.165) is 15.4 Å². The Balaban J connectivity index is 1.58. The van der Waals surface area contributed by atoms with Crippen LogP contribution in [0.15, 0.2) is 87.7 Å². The standard InChI is InChI=1S/C21H17N3O3S/c1-15-5-9-19(10-6-15)28-20-11-7-16(8-12-20)14-22-23-21(25)17-3-2-4-18(13-17)24(26)27/h2-14H,1H3,(H,23,25)/b22-14-. The van der Waals surface area contributed by atoms with Crippen LogP contribution in [0.4, 0.5) is 5.69 Å². The molecule has 0 aromatic heterocycles. The van der Waals surface area contributed by atoms with Gasteiger partial charge in [0.05, 0.1) is 11.1 Å². The number of rotatable bonds is 6. The summed E-state index contributed by atoms with van der Waals surface area (Å²) in [6.45, 7) is 2.06. The average molecular weight is 391 g/mol. The van der Waals surface area contributed by atoms with Gasteiger partial charge in [-0.15, -0.1) is 0 Å². The molecule has 0 spiro atoms. The number of nitrogens with zero attached hydrogens (tertiary/aromatic N) is 2. The minimum Gasteiger partial charge on any atom is -0.267 e. The number of nitrogens with one attached hydrogen (secondary N) is 1. The van der Waals surface area contributed by atoms with Crippen LogP contribution in [-0.2, 0) is 0 Å². The number of carbonyl (C=O) groups is 1. The number of aryl methyl sites for hydroxylation is 1. The molecule has 0 heterocycles. The number of benzene rings is 3. The minimum absolute atomic E-state index is 0.140. The number of nitro benzene ring substituents is 1. The van der Waals surface area contributed by atoms with E-state index >= 15 is 0 Å². The topological polar surface area (TPSA) is 84.6 Å². The van der Waals surface area contributed by atoms with Gasteiger partial charge >= 0.3 is 0 Å². The van der Waals surface area contributed by atoms with Gasteiger partial charge < -0.3 is 0 Å². The van der Waals surface area contributed by atoms with Crippen molar-refractivity contribution in [1.29, 1.82) is 0 Å². The van der Waals surface area contributed by atoms with Crippen LogP contribution in [0.1, 0.15) is 21.5 Å². The summed E-state index contributed by atoms with van der Waals surface area (Å²) >= 11 is 1.67. The maximum Gasteiger partial charge on any atom is 0.271 e. The summed E-state index contributed by atoms with van der Waals surface area (Å²) in [5.41, 5.74) is 4.46. The molecule has 0 aliphatic rings. The number of carbonyl (C=O) groups excluding carboxylic acids is 1. The smallest absolute Gasteiger partial charge is 0.267 e. The lowest BCUT2D eigenvalue weighted by Gasteiger charge is -2.03. The van der Waals surface area contributed by atoms with Crippen molar-refractivity contribution in [3.63, 3.8) is 0 Å². The zero-order valence-corrected chi connectivity index (χ0v) is 15.8. The minimum atomic E-state index is -0.545. The van der Waals surface area contributed by atoms with Crippen LogP contribution in [0.3, 0.4) is 0 Å². The first-order chi connectivity index (χ1) is 13.5. The van der Waals surface area contributed by atoms with E-state index in [1.165, 1.54) is 36.0 Å². The molecule has 0 bridgehead atoms. The first-order valence-corrected chi connectivity index (χ1v) is 9.25. The molecule has 28 heavy (non-hydrogen) atoms. The molecule has 3 aromatic rings. The highest BCUT2D eigenvalue weighted by Gasteiger charge is 2.10. The summed E-state index contributed by atoms with van der Waals surface area (Å²) in [4.78, 5) is 24.5. The second-order valence-electron chi connectivity index (χ2n) is 5.99. The molecule has 6 nitrogen and oxygen atoms in total. The largest absolute Gasteiger partial charge is 0.271 e. The highest BCUT2D eigenvalue weighted by Crippen LogP contribution is 2.27. The first kappa shape index (κ1) is 19.3. The molecule has 0 aliphatic heterocycles. The van der Waals surface area contributed by atoms with E-state index in [-0.39, 0.29) is 11.3 Å². The van der Waals surface area contributed by atoms with E-state index in [2.05, 4.69) is 41.7 Å². The third-order valence-electron chi connectivity index (χ3n) is 3.84. The Morgan fingerprint density at radius 1 is 1.04 bits per heavy atom. The summed E-state index contributed by atoms with van der Waals surface area (Å²) in [5.74, 6) is -0.508. The molecular weight excluding hydrogens is 374 g/mol. The Kier molecular flexibility index (Phi) is 6.18. The van der Waals surface area contributed by atoms with Crippen molar-refractivity contribution in [3.8, 4) is 0 Å². The fourth-order valence-corrected chi connectivity index (χ4v) is 3.17. The Labute approximate surface area is 166 Å². The van der Waals surface area contributed by atoms with Crippen LogP contribution in [0, 0.1) is 17.0 Å². The molecule has 0 fully saturated rings. The lowest BCUT2D eigenvalue weighted by molar-refractivity contribution is -0.384. The van der Waals surface area contributed by atoms with Crippen LogP contribution in [0.25, 0.3) is 0 Å². The SMILES string of the molecule is Cc1ccc(Sc2ccc(/C=N\NC(=O)c3cccc([N+](=O)[O-])c3)cc2)cc1. The zero-order valence-electron chi connectivity index (χ0n) is 15.0. The average Bonchev–Trinajstić information content (AvgIpc) is 2.71. The third kappa shape index (κ3) is 5.28. The van der Waals surface area contributed by atoms with Gasteiger partial charge in [0.25, 0.3) is 11.6 Å². The molecule has 7 heteroatoms. The second kappa shape index (κ2) is 8.96. The lowest BCUT2D eigenvalue weighted by atomic mass is 10.2. The second-order valence-corrected chi connectivity index (χ2v) is 7.14.